The molecule has 1 aromatic carbocycles. The summed E-state index contributed by atoms with van der Waals surface area (Å²) in [6, 6.07) is 12.2. The highest BCUT2D eigenvalue weighted by Crippen LogP contribution is 2.26. The maximum absolute atomic E-state index is 12.1. The lowest BCUT2D eigenvalue weighted by molar-refractivity contribution is -0.119. The number of fused-ring (bicyclic) bond motifs is 1. The number of aromatic nitrogens is 1. The first-order valence-electron chi connectivity index (χ1n) is 7.31. The zero-order valence-electron chi connectivity index (χ0n) is 12.0. The van der Waals surface area contributed by atoms with Crippen LogP contribution in [-0.2, 0) is 17.8 Å². The molecule has 0 saturated carbocycles. The van der Waals surface area contributed by atoms with Gasteiger partial charge in [0.25, 0.3) is 0 Å². The molecule has 2 heterocycles. The van der Waals surface area contributed by atoms with E-state index in [2.05, 4.69) is 33.4 Å². The second kappa shape index (κ2) is 6.39. The predicted molar refractivity (Wildman–Crippen MR) is 83.1 cm³/mol. The standard InChI is InChI=1S/C17H19N3O/c21-17(19-12-14-5-3-9-18-11-14)13-20-10-4-7-15-6-1-2-8-16(15)20/h1-3,5-6,8-9,11H,4,7,10,12-13H2,(H,19,21). The second-order valence-corrected chi connectivity index (χ2v) is 5.29. The fourth-order valence-electron chi connectivity index (χ4n) is 2.71. The number of carbonyl (C=O) groups excluding carboxylic acids is 1. The molecule has 4 nitrogen and oxygen atoms in total. The van der Waals surface area contributed by atoms with Crippen LogP contribution >= 0.6 is 0 Å². The Morgan fingerprint density at radius 1 is 1.24 bits per heavy atom. The first-order valence-corrected chi connectivity index (χ1v) is 7.31. The minimum Gasteiger partial charge on any atom is -0.362 e. The molecule has 0 bridgehead atoms. The van der Waals surface area contributed by atoms with Crippen molar-refractivity contribution in [1.29, 1.82) is 0 Å². The van der Waals surface area contributed by atoms with Gasteiger partial charge >= 0.3 is 0 Å². The van der Waals surface area contributed by atoms with Crippen LogP contribution in [0.15, 0.2) is 48.8 Å². The molecule has 3 rings (SSSR count). The van der Waals surface area contributed by atoms with Gasteiger partial charge in [0.1, 0.15) is 0 Å². The minimum absolute atomic E-state index is 0.0514. The molecule has 0 spiro atoms. The van der Waals surface area contributed by atoms with E-state index >= 15 is 0 Å². The molecule has 1 aliphatic heterocycles. The van der Waals surface area contributed by atoms with Crippen molar-refractivity contribution in [2.45, 2.75) is 19.4 Å². The quantitative estimate of drug-likeness (QED) is 0.934. The Labute approximate surface area is 124 Å². The zero-order valence-corrected chi connectivity index (χ0v) is 12.0. The van der Waals surface area contributed by atoms with E-state index in [1.165, 1.54) is 11.3 Å². The number of amides is 1. The van der Waals surface area contributed by atoms with E-state index in [9.17, 15) is 4.79 Å². The number of anilines is 1. The third-order valence-electron chi connectivity index (χ3n) is 3.75. The number of rotatable bonds is 4. The van der Waals surface area contributed by atoms with Gasteiger partial charge in [0.2, 0.25) is 5.91 Å². The molecule has 1 N–H and O–H groups in total. The largest absolute Gasteiger partial charge is 0.362 e. The maximum atomic E-state index is 12.1. The van der Waals surface area contributed by atoms with Gasteiger partial charge in [0.15, 0.2) is 0 Å². The van der Waals surface area contributed by atoms with Crippen LogP contribution < -0.4 is 10.2 Å². The highest BCUT2D eigenvalue weighted by Gasteiger charge is 2.18. The van der Waals surface area contributed by atoms with Crippen LogP contribution in [0.1, 0.15) is 17.5 Å². The summed E-state index contributed by atoms with van der Waals surface area (Å²) < 4.78 is 0. The van der Waals surface area contributed by atoms with Crippen molar-refractivity contribution in [3.05, 3.63) is 59.9 Å². The van der Waals surface area contributed by atoms with Crippen molar-refractivity contribution in [1.82, 2.24) is 10.3 Å². The third kappa shape index (κ3) is 3.40. The van der Waals surface area contributed by atoms with E-state index in [0.717, 1.165) is 24.9 Å². The SMILES string of the molecule is O=C(CN1CCCc2ccccc21)NCc1cccnc1. The molecule has 0 saturated heterocycles. The lowest BCUT2D eigenvalue weighted by Crippen LogP contribution is -2.39. The average Bonchev–Trinajstić information content (AvgIpc) is 2.54. The fourth-order valence-corrected chi connectivity index (χ4v) is 2.71. The molecule has 1 aliphatic rings. The molecule has 108 valence electrons. The molecule has 1 amide bonds. The van der Waals surface area contributed by atoms with Crippen molar-refractivity contribution < 1.29 is 4.79 Å². The molecule has 0 aliphatic carbocycles. The Bertz CT molecular complexity index is 612. The molecule has 1 aromatic heterocycles. The molecular formula is C17H19N3O. The number of hydrogen-bond donors (Lipinski definition) is 1. The third-order valence-corrected chi connectivity index (χ3v) is 3.75. The first-order chi connectivity index (χ1) is 10.3. The van der Waals surface area contributed by atoms with Crippen LogP contribution in [0.25, 0.3) is 0 Å². The van der Waals surface area contributed by atoms with Gasteiger partial charge in [-0.3, -0.25) is 9.78 Å². The second-order valence-electron chi connectivity index (χ2n) is 5.29. The van der Waals surface area contributed by atoms with E-state index in [4.69, 9.17) is 0 Å². The van der Waals surface area contributed by atoms with Crippen LogP contribution in [0.3, 0.4) is 0 Å². The number of carbonyl (C=O) groups is 1. The molecule has 21 heavy (non-hydrogen) atoms. The summed E-state index contributed by atoms with van der Waals surface area (Å²) in [4.78, 5) is 18.3. The lowest BCUT2D eigenvalue weighted by Gasteiger charge is -2.30. The molecule has 0 radical (unpaired) electrons. The van der Waals surface area contributed by atoms with Gasteiger partial charge in [-0.2, -0.15) is 0 Å². The number of pyridine rings is 1. The first kappa shape index (κ1) is 13.6. The number of benzene rings is 1. The van der Waals surface area contributed by atoms with Crippen molar-refractivity contribution in [2.75, 3.05) is 18.0 Å². The summed E-state index contributed by atoms with van der Waals surface area (Å²) in [6.45, 7) is 1.89. The summed E-state index contributed by atoms with van der Waals surface area (Å²) in [5.41, 5.74) is 3.55. The van der Waals surface area contributed by atoms with Crippen LogP contribution in [-0.4, -0.2) is 24.0 Å². The zero-order chi connectivity index (χ0) is 14.5. The van der Waals surface area contributed by atoms with Crippen molar-refractivity contribution in [3.8, 4) is 0 Å². The van der Waals surface area contributed by atoms with Crippen molar-refractivity contribution >= 4 is 11.6 Å². The van der Waals surface area contributed by atoms with E-state index in [-0.39, 0.29) is 5.91 Å². The molecule has 0 unspecified atom stereocenters. The Morgan fingerprint density at radius 2 is 2.14 bits per heavy atom. The Kier molecular flexibility index (Phi) is 4.15. The summed E-state index contributed by atoms with van der Waals surface area (Å²) in [5, 5.41) is 2.96. The van der Waals surface area contributed by atoms with Crippen LogP contribution in [0, 0.1) is 0 Å². The van der Waals surface area contributed by atoms with Gasteiger partial charge in [-0.1, -0.05) is 24.3 Å². The molecule has 2 aromatic rings. The van der Waals surface area contributed by atoms with Crippen molar-refractivity contribution in [2.24, 2.45) is 0 Å². The number of aryl methyl sites for hydroxylation is 1. The highest BCUT2D eigenvalue weighted by atomic mass is 16.2. The topological polar surface area (TPSA) is 45.2 Å². The van der Waals surface area contributed by atoms with Gasteiger partial charge in [0, 0.05) is 31.2 Å². The van der Waals surface area contributed by atoms with Gasteiger partial charge in [0.05, 0.1) is 6.54 Å². The number of para-hydroxylation sites is 1. The summed E-state index contributed by atoms with van der Waals surface area (Å²) in [7, 11) is 0. The number of hydrogen-bond acceptors (Lipinski definition) is 3. The van der Waals surface area contributed by atoms with Crippen molar-refractivity contribution in [3.63, 3.8) is 0 Å². The maximum Gasteiger partial charge on any atom is 0.239 e. The monoisotopic (exact) mass is 281 g/mol. The summed E-state index contributed by atoms with van der Waals surface area (Å²) in [6.07, 6.45) is 5.71. The van der Waals surface area contributed by atoms with Gasteiger partial charge in [-0.05, 0) is 36.1 Å². The Balaban J connectivity index is 1.58. The van der Waals surface area contributed by atoms with Crippen LogP contribution in [0.2, 0.25) is 0 Å². The Hall–Kier alpha value is -2.36. The van der Waals surface area contributed by atoms with Gasteiger partial charge in [-0.25, -0.2) is 0 Å². The molecule has 0 fully saturated rings. The van der Waals surface area contributed by atoms with Gasteiger partial charge < -0.3 is 10.2 Å². The fraction of sp³-hybridized carbons (Fsp3) is 0.294. The minimum atomic E-state index is 0.0514. The molecule has 0 atom stereocenters. The van der Waals surface area contributed by atoms with E-state index in [0.29, 0.717) is 13.1 Å². The lowest BCUT2D eigenvalue weighted by atomic mass is 10.0. The molecular weight excluding hydrogens is 262 g/mol. The average molecular weight is 281 g/mol. The normalized spacial score (nSPS) is 13.6. The van der Waals surface area contributed by atoms with E-state index in [1.54, 1.807) is 12.4 Å². The summed E-state index contributed by atoms with van der Waals surface area (Å²) >= 11 is 0. The van der Waals surface area contributed by atoms with Crippen LogP contribution in [0.4, 0.5) is 5.69 Å². The molecule has 4 heteroatoms. The Morgan fingerprint density at radius 3 is 3.00 bits per heavy atom. The van der Waals surface area contributed by atoms with Gasteiger partial charge in [-0.15, -0.1) is 0 Å². The predicted octanol–water partition coefficient (Wildman–Crippen LogP) is 2.15. The number of nitrogens with zero attached hydrogens (tertiary/aromatic N) is 2. The van der Waals surface area contributed by atoms with Crippen LogP contribution in [0.5, 0.6) is 0 Å². The smallest absolute Gasteiger partial charge is 0.239 e. The summed E-state index contributed by atoms with van der Waals surface area (Å²) in [5.74, 6) is 0.0514. The van der Waals surface area contributed by atoms with E-state index < -0.39 is 0 Å². The highest BCUT2D eigenvalue weighted by molar-refractivity contribution is 5.81. The number of nitrogens with one attached hydrogen (secondary N) is 1. The van der Waals surface area contributed by atoms with E-state index in [1.807, 2.05) is 18.2 Å².